The minimum atomic E-state index is 0.654. The van der Waals surface area contributed by atoms with Crippen molar-refractivity contribution in [3.8, 4) is 0 Å². The highest BCUT2D eigenvalue weighted by Gasteiger charge is 2.34. The van der Waals surface area contributed by atoms with E-state index in [9.17, 15) is 0 Å². The summed E-state index contributed by atoms with van der Waals surface area (Å²) in [6, 6.07) is 0. The molecule has 1 saturated carbocycles. The Morgan fingerprint density at radius 1 is 1.44 bits per heavy atom. The summed E-state index contributed by atoms with van der Waals surface area (Å²) >= 11 is 0. The highest BCUT2D eigenvalue weighted by atomic mass is 14.8. The van der Waals surface area contributed by atoms with Crippen LogP contribution in [0.2, 0.25) is 0 Å². The molecule has 0 saturated heterocycles. The maximum Gasteiger partial charge on any atom is -0.00231 e. The van der Waals surface area contributed by atoms with E-state index in [2.05, 4.69) is 19.2 Å². The Kier molecular flexibility index (Phi) is 1.80. The van der Waals surface area contributed by atoms with E-state index in [4.69, 9.17) is 0 Å². The largest absolute Gasteiger partial charge is 0.319 e. The van der Waals surface area contributed by atoms with Crippen LogP contribution >= 0.6 is 0 Å². The van der Waals surface area contributed by atoms with Gasteiger partial charge in [-0.25, -0.2) is 0 Å². The van der Waals surface area contributed by atoms with Gasteiger partial charge >= 0.3 is 0 Å². The van der Waals surface area contributed by atoms with Crippen molar-refractivity contribution in [2.24, 2.45) is 11.3 Å². The molecule has 9 heavy (non-hydrogen) atoms. The third-order valence-electron chi connectivity index (χ3n) is 2.18. The van der Waals surface area contributed by atoms with Gasteiger partial charge in [0.2, 0.25) is 0 Å². The second kappa shape index (κ2) is 2.30. The Morgan fingerprint density at radius 3 is 2.33 bits per heavy atom. The molecule has 0 aromatic heterocycles. The van der Waals surface area contributed by atoms with Crippen LogP contribution in [-0.2, 0) is 0 Å². The van der Waals surface area contributed by atoms with Crippen LogP contribution in [0.3, 0.4) is 0 Å². The second-order valence-corrected chi connectivity index (χ2v) is 4.00. The van der Waals surface area contributed by atoms with Crippen molar-refractivity contribution in [1.82, 2.24) is 5.32 Å². The Hall–Kier alpha value is -0.0400. The molecule has 1 fully saturated rings. The highest BCUT2D eigenvalue weighted by Crippen LogP contribution is 2.44. The van der Waals surface area contributed by atoms with Gasteiger partial charge in [-0.15, -0.1) is 0 Å². The summed E-state index contributed by atoms with van der Waals surface area (Å²) in [7, 11) is 2.03. The summed E-state index contributed by atoms with van der Waals surface area (Å²) in [6.07, 6.45) is 2.82. The van der Waals surface area contributed by atoms with Gasteiger partial charge in [-0.2, -0.15) is 0 Å². The third-order valence-corrected chi connectivity index (χ3v) is 2.18. The van der Waals surface area contributed by atoms with E-state index in [0.29, 0.717) is 5.41 Å². The zero-order valence-corrected chi connectivity index (χ0v) is 6.70. The van der Waals surface area contributed by atoms with Crippen molar-refractivity contribution in [2.75, 3.05) is 13.6 Å². The fraction of sp³-hybridized carbons (Fsp3) is 1.00. The van der Waals surface area contributed by atoms with Gasteiger partial charge in [0.25, 0.3) is 0 Å². The molecular weight excluding hydrogens is 110 g/mol. The number of hydrogen-bond acceptors (Lipinski definition) is 1. The Labute approximate surface area is 57.8 Å². The lowest BCUT2D eigenvalue weighted by Gasteiger charge is -2.42. The van der Waals surface area contributed by atoms with Gasteiger partial charge in [-0.1, -0.05) is 13.8 Å². The van der Waals surface area contributed by atoms with Crippen LogP contribution in [0.1, 0.15) is 26.7 Å². The first-order valence-electron chi connectivity index (χ1n) is 3.79. The topological polar surface area (TPSA) is 12.0 Å². The third kappa shape index (κ3) is 1.68. The lowest BCUT2D eigenvalue weighted by atomic mass is 9.64. The van der Waals surface area contributed by atoms with Gasteiger partial charge < -0.3 is 5.32 Å². The van der Waals surface area contributed by atoms with Crippen molar-refractivity contribution in [2.45, 2.75) is 26.7 Å². The minimum Gasteiger partial charge on any atom is -0.319 e. The summed E-state index contributed by atoms with van der Waals surface area (Å²) in [5, 5.41) is 3.21. The zero-order valence-electron chi connectivity index (χ0n) is 6.70. The van der Waals surface area contributed by atoms with Crippen LogP contribution < -0.4 is 5.32 Å². The zero-order chi connectivity index (χ0) is 6.91. The van der Waals surface area contributed by atoms with Crippen LogP contribution in [0, 0.1) is 11.3 Å². The van der Waals surface area contributed by atoms with Gasteiger partial charge in [0, 0.05) is 0 Å². The molecule has 1 aliphatic rings. The summed E-state index contributed by atoms with van der Waals surface area (Å²) < 4.78 is 0. The molecule has 1 rings (SSSR count). The molecule has 1 N–H and O–H groups in total. The molecule has 0 aliphatic heterocycles. The highest BCUT2D eigenvalue weighted by molar-refractivity contribution is 4.87. The van der Waals surface area contributed by atoms with Gasteiger partial charge in [-0.05, 0) is 37.8 Å². The molecule has 0 unspecified atom stereocenters. The first kappa shape index (κ1) is 7.07. The van der Waals surface area contributed by atoms with Crippen molar-refractivity contribution in [1.29, 1.82) is 0 Å². The second-order valence-electron chi connectivity index (χ2n) is 4.00. The average molecular weight is 127 g/mol. The monoisotopic (exact) mass is 127 g/mol. The molecule has 1 aliphatic carbocycles. The molecule has 0 radical (unpaired) electrons. The SMILES string of the molecule is CNCC1CC(C)(C)C1. The lowest BCUT2D eigenvalue weighted by Crippen LogP contribution is -2.37. The van der Waals surface area contributed by atoms with Crippen LogP contribution in [0.15, 0.2) is 0 Å². The van der Waals surface area contributed by atoms with Gasteiger partial charge in [0.05, 0.1) is 0 Å². The first-order valence-corrected chi connectivity index (χ1v) is 3.79. The maximum atomic E-state index is 3.21. The summed E-state index contributed by atoms with van der Waals surface area (Å²) in [4.78, 5) is 0. The van der Waals surface area contributed by atoms with E-state index in [1.54, 1.807) is 0 Å². The van der Waals surface area contributed by atoms with Gasteiger partial charge in [0.1, 0.15) is 0 Å². The quantitative estimate of drug-likeness (QED) is 0.594. The Bertz CT molecular complexity index is 88.7. The maximum absolute atomic E-state index is 3.21. The van der Waals surface area contributed by atoms with Crippen LogP contribution in [-0.4, -0.2) is 13.6 Å². The predicted octanol–water partition coefficient (Wildman–Crippen LogP) is 1.64. The molecular formula is C8H17N. The van der Waals surface area contributed by atoms with Crippen LogP contribution in [0.5, 0.6) is 0 Å². The van der Waals surface area contributed by atoms with E-state index in [0.717, 1.165) is 5.92 Å². The van der Waals surface area contributed by atoms with E-state index in [1.165, 1.54) is 19.4 Å². The van der Waals surface area contributed by atoms with Gasteiger partial charge in [0.15, 0.2) is 0 Å². The lowest BCUT2D eigenvalue weighted by molar-refractivity contribution is 0.0976. The van der Waals surface area contributed by atoms with Gasteiger partial charge in [-0.3, -0.25) is 0 Å². The summed E-state index contributed by atoms with van der Waals surface area (Å²) in [5.74, 6) is 0.963. The van der Waals surface area contributed by atoms with Crippen molar-refractivity contribution >= 4 is 0 Å². The standard InChI is InChI=1S/C8H17N/c1-8(2)4-7(5-8)6-9-3/h7,9H,4-6H2,1-3H3. The van der Waals surface area contributed by atoms with E-state index < -0.39 is 0 Å². The molecule has 0 heterocycles. The molecule has 0 atom stereocenters. The number of nitrogens with one attached hydrogen (secondary N) is 1. The predicted molar refractivity (Wildman–Crippen MR) is 40.4 cm³/mol. The van der Waals surface area contributed by atoms with Crippen molar-refractivity contribution in [3.05, 3.63) is 0 Å². The molecule has 0 aromatic rings. The summed E-state index contributed by atoms with van der Waals surface area (Å²) in [6.45, 7) is 5.90. The fourth-order valence-corrected chi connectivity index (χ4v) is 1.94. The van der Waals surface area contributed by atoms with E-state index in [1.807, 2.05) is 7.05 Å². The smallest absolute Gasteiger partial charge is 0.00231 e. The fourth-order valence-electron chi connectivity index (χ4n) is 1.94. The normalized spacial score (nSPS) is 25.7. The van der Waals surface area contributed by atoms with Crippen molar-refractivity contribution < 1.29 is 0 Å². The molecule has 54 valence electrons. The average Bonchev–Trinajstić information content (AvgIpc) is 1.62. The van der Waals surface area contributed by atoms with E-state index in [-0.39, 0.29) is 0 Å². The molecule has 0 bridgehead atoms. The summed E-state index contributed by atoms with van der Waals surface area (Å²) in [5.41, 5.74) is 0.654. The molecule has 0 spiro atoms. The minimum absolute atomic E-state index is 0.654. The molecule has 0 aromatic carbocycles. The molecule has 0 amide bonds. The molecule has 1 nitrogen and oxygen atoms in total. The van der Waals surface area contributed by atoms with Crippen LogP contribution in [0.25, 0.3) is 0 Å². The number of rotatable bonds is 2. The first-order chi connectivity index (χ1) is 4.14. The Balaban J connectivity index is 2.12. The van der Waals surface area contributed by atoms with Crippen LogP contribution in [0.4, 0.5) is 0 Å². The van der Waals surface area contributed by atoms with E-state index >= 15 is 0 Å². The van der Waals surface area contributed by atoms with Crippen molar-refractivity contribution in [3.63, 3.8) is 0 Å². The number of hydrogen-bond donors (Lipinski definition) is 1. The Morgan fingerprint density at radius 2 is 2.00 bits per heavy atom. The molecule has 1 heteroatoms.